The zero-order chi connectivity index (χ0) is 25.0. The SMILES string of the molecule is CCCCCN(C(=O)CNC(=O)OC(C)(C)C)C(C(=O)NCC(=O)OC)c1ccccc1C. The van der Waals surface area contributed by atoms with Crippen LogP contribution in [-0.2, 0) is 23.9 Å². The molecule has 0 spiro atoms. The van der Waals surface area contributed by atoms with E-state index in [0.717, 1.165) is 18.4 Å². The molecular weight excluding hydrogens is 426 g/mol. The van der Waals surface area contributed by atoms with Gasteiger partial charge in [-0.3, -0.25) is 14.4 Å². The Morgan fingerprint density at radius 2 is 1.70 bits per heavy atom. The maximum Gasteiger partial charge on any atom is 0.408 e. The predicted molar refractivity (Wildman–Crippen MR) is 124 cm³/mol. The lowest BCUT2D eigenvalue weighted by atomic mass is 9.98. The molecule has 3 amide bonds. The van der Waals surface area contributed by atoms with Crippen LogP contribution in [0.3, 0.4) is 0 Å². The molecule has 0 aliphatic carbocycles. The number of nitrogens with zero attached hydrogens (tertiary/aromatic N) is 1. The number of carbonyl (C=O) groups is 4. The van der Waals surface area contributed by atoms with Gasteiger partial charge in [0.25, 0.3) is 0 Å². The summed E-state index contributed by atoms with van der Waals surface area (Å²) >= 11 is 0. The van der Waals surface area contributed by atoms with Gasteiger partial charge in [-0.15, -0.1) is 0 Å². The summed E-state index contributed by atoms with van der Waals surface area (Å²) in [6, 6.07) is 6.29. The van der Waals surface area contributed by atoms with Gasteiger partial charge in [-0.05, 0) is 45.2 Å². The highest BCUT2D eigenvalue weighted by Crippen LogP contribution is 2.25. The standard InChI is InChI=1S/C24H37N3O6/c1-7-8-11-14-27(19(28)15-26-23(31)33-24(3,4)5)21(18-13-10-9-12-17(18)2)22(30)25-16-20(29)32-6/h9-10,12-13,21H,7-8,11,14-16H2,1-6H3,(H,25,30)(H,26,31). The van der Waals surface area contributed by atoms with Crippen molar-refractivity contribution in [3.8, 4) is 0 Å². The molecule has 0 fully saturated rings. The number of alkyl carbamates (subject to hydrolysis) is 1. The maximum absolute atomic E-state index is 13.2. The fourth-order valence-electron chi connectivity index (χ4n) is 3.17. The number of unbranched alkanes of at least 4 members (excludes halogenated alkanes) is 2. The predicted octanol–water partition coefficient (Wildman–Crippen LogP) is 2.87. The summed E-state index contributed by atoms with van der Waals surface area (Å²) in [5, 5.41) is 5.03. The molecule has 33 heavy (non-hydrogen) atoms. The number of methoxy groups -OCH3 is 1. The number of hydrogen-bond acceptors (Lipinski definition) is 6. The number of benzene rings is 1. The van der Waals surface area contributed by atoms with E-state index in [-0.39, 0.29) is 13.1 Å². The number of esters is 1. The first kappa shape index (κ1) is 27.9. The quantitative estimate of drug-likeness (QED) is 0.385. The van der Waals surface area contributed by atoms with Crippen LogP contribution in [0.2, 0.25) is 0 Å². The molecule has 1 atom stereocenters. The third kappa shape index (κ3) is 9.93. The second-order valence-corrected chi connectivity index (χ2v) is 8.70. The van der Waals surface area contributed by atoms with E-state index >= 15 is 0 Å². The normalized spacial score (nSPS) is 11.8. The second-order valence-electron chi connectivity index (χ2n) is 8.70. The molecule has 0 aliphatic rings. The van der Waals surface area contributed by atoms with Crippen molar-refractivity contribution in [3.63, 3.8) is 0 Å². The average Bonchev–Trinajstić information content (AvgIpc) is 2.75. The van der Waals surface area contributed by atoms with E-state index in [9.17, 15) is 19.2 Å². The van der Waals surface area contributed by atoms with Gasteiger partial charge in [0.05, 0.1) is 7.11 Å². The van der Waals surface area contributed by atoms with Gasteiger partial charge in [-0.2, -0.15) is 0 Å². The Labute approximate surface area is 196 Å². The third-order valence-corrected chi connectivity index (χ3v) is 4.78. The lowest BCUT2D eigenvalue weighted by molar-refractivity contribution is -0.143. The van der Waals surface area contributed by atoms with E-state index in [4.69, 9.17) is 4.74 Å². The van der Waals surface area contributed by atoms with Gasteiger partial charge >= 0.3 is 12.1 Å². The van der Waals surface area contributed by atoms with Gasteiger partial charge in [0.15, 0.2) is 0 Å². The Morgan fingerprint density at radius 1 is 1.03 bits per heavy atom. The number of ether oxygens (including phenoxy) is 2. The summed E-state index contributed by atoms with van der Waals surface area (Å²) in [6.07, 6.45) is 1.77. The zero-order valence-corrected chi connectivity index (χ0v) is 20.5. The van der Waals surface area contributed by atoms with Crippen molar-refractivity contribution >= 4 is 23.9 Å². The lowest BCUT2D eigenvalue weighted by Gasteiger charge is -2.32. The highest BCUT2D eigenvalue weighted by Gasteiger charge is 2.32. The van der Waals surface area contributed by atoms with Crippen molar-refractivity contribution in [1.82, 2.24) is 15.5 Å². The van der Waals surface area contributed by atoms with Gasteiger partial charge < -0.3 is 25.0 Å². The van der Waals surface area contributed by atoms with Crippen molar-refractivity contribution in [2.45, 2.75) is 65.5 Å². The molecular formula is C24H37N3O6. The average molecular weight is 464 g/mol. The van der Waals surface area contributed by atoms with Crippen molar-refractivity contribution in [2.24, 2.45) is 0 Å². The first-order chi connectivity index (χ1) is 15.5. The van der Waals surface area contributed by atoms with Crippen LogP contribution in [0, 0.1) is 6.92 Å². The summed E-state index contributed by atoms with van der Waals surface area (Å²) in [7, 11) is 1.23. The number of hydrogen-bond donors (Lipinski definition) is 2. The fourth-order valence-corrected chi connectivity index (χ4v) is 3.17. The Hall–Kier alpha value is -3.10. The first-order valence-corrected chi connectivity index (χ1v) is 11.2. The minimum atomic E-state index is -0.972. The zero-order valence-electron chi connectivity index (χ0n) is 20.5. The summed E-state index contributed by atoms with van der Waals surface area (Å²) < 4.78 is 9.81. The number of amides is 3. The van der Waals surface area contributed by atoms with E-state index in [2.05, 4.69) is 15.4 Å². The molecule has 184 valence electrons. The number of rotatable bonds is 11. The summed E-state index contributed by atoms with van der Waals surface area (Å²) in [6.45, 7) is 8.75. The van der Waals surface area contributed by atoms with E-state index in [1.165, 1.54) is 12.0 Å². The smallest absolute Gasteiger partial charge is 0.408 e. The molecule has 0 aromatic heterocycles. The van der Waals surface area contributed by atoms with Gasteiger partial charge in [0, 0.05) is 6.54 Å². The fraction of sp³-hybridized carbons (Fsp3) is 0.583. The molecule has 1 unspecified atom stereocenters. The van der Waals surface area contributed by atoms with Crippen molar-refractivity contribution in [3.05, 3.63) is 35.4 Å². The van der Waals surface area contributed by atoms with Crippen LogP contribution in [0.1, 0.15) is 64.1 Å². The monoisotopic (exact) mass is 463 g/mol. The van der Waals surface area contributed by atoms with Crippen LogP contribution in [0.15, 0.2) is 24.3 Å². The highest BCUT2D eigenvalue weighted by atomic mass is 16.6. The Morgan fingerprint density at radius 3 is 2.27 bits per heavy atom. The minimum Gasteiger partial charge on any atom is -0.468 e. The summed E-state index contributed by atoms with van der Waals surface area (Å²) in [5.74, 6) is -1.53. The largest absolute Gasteiger partial charge is 0.468 e. The highest BCUT2D eigenvalue weighted by molar-refractivity contribution is 5.92. The van der Waals surface area contributed by atoms with Gasteiger partial charge in [0.1, 0.15) is 24.7 Å². The lowest BCUT2D eigenvalue weighted by Crippen LogP contribution is -2.49. The van der Waals surface area contributed by atoms with Crippen LogP contribution in [-0.4, -0.2) is 61.1 Å². The Bertz CT molecular complexity index is 819. The summed E-state index contributed by atoms with van der Waals surface area (Å²) in [4.78, 5) is 51.5. The van der Waals surface area contributed by atoms with E-state index in [1.807, 2.05) is 26.0 Å². The number of nitrogens with one attached hydrogen (secondary N) is 2. The van der Waals surface area contributed by atoms with Crippen LogP contribution in [0.5, 0.6) is 0 Å². The van der Waals surface area contributed by atoms with E-state index in [1.54, 1.807) is 32.9 Å². The van der Waals surface area contributed by atoms with E-state index < -0.39 is 35.5 Å². The van der Waals surface area contributed by atoms with Gasteiger partial charge in [-0.1, -0.05) is 44.0 Å². The molecule has 2 N–H and O–H groups in total. The van der Waals surface area contributed by atoms with Crippen molar-refractivity contribution < 1.29 is 28.7 Å². The molecule has 1 aromatic rings. The van der Waals surface area contributed by atoms with Crippen LogP contribution >= 0.6 is 0 Å². The van der Waals surface area contributed by atoms with E-state index in [0.29, 0.717) is 18.5 Å². The molecule has 0 bridgehead atoms. The Kier molecular flexibility index (Phi) is 11.4. The molecule has 9 nitrogen and oxygen atoms in total. The van der Waals surface area contributed by atoms with Gasteiger partial charge in [0.2, 0.25) is 11.8 Å². The van der Waals surface area contributed by atoms with Crippen LogP contribution in [0.4, 0.5) is 4.79 Å². The maximum atomic E-state index is 13.2. The molecule has 0 heterocycles. The minimum absolute atomic E-state index is 0.313. The second kappa shape index (κ2) is 13.4. The van der Waals surface area contributed by atoms with Crippen molar-refractivity contribution in [2.75, 3.05) is 26.7 Å². The molecule has 0 saturated heterocycles. The molecule has 0 saturated carbocycles. The van der Waals surface area contributed by atoms with Crippen LogP contribution < -0.4 is 10.6 Å². The molecule has 9 heteroatoms. The first-order valence-electron chi connectivity index (χ1n) is 11.2. The topological polar surface area (TPSA) is 114 Å². The third-order valence-electron chi connectivity index (χ3n) is 4.78. The summed E-state index contributed by atoms with van der Waals surface area (Å²) in [5.41, 5.74) is 0.761. The number of aryl methyl sites for hydroxylation is 1. The number of carbonyl (C=O) groups excluding carboxylic acids is 4. The molecule has 0 radical (unpaired) electrons. The molecule has 1 aromatic carbocycles. The van der Waals surface area contributed by atoms with Crippen molar-refractivity contribution in [1.29, 1.82) is 0 Å². The molecule has 1 rings (SSSR count). The Balaban J connectivity index is 3.19. The van der Waals surface area contributed by atoms with Crippen LogP contribution in [0.25, 0.3) is 0 Å². The molecule has 0 aliphatic heterocycles. The van der Waals surface area contributed by atoms with Gasteiger partial charge in [-0.25, -0.2) is 4.79 Å².